The maximum atomic E-state index is 12.5. The monoisotopic (exact) mass is 284 g/mol. The Morgan fingerprint density at radius 3 is 2.50 bits per heavy atom. The fourth-order valence-corrected chi connectivity index (χ4v) is 2.08. The second-order valence-electron chi connectivity index (χ2n) is 5.12. The number of carbonyl (C=O) groups is 3. The highest BCUT2D eigenvalue weighted by atomic mass is 16.5. The molecule has 1 aliphatic rings. The first-order valence-corrected chi connectivity index (χ1v) is 6.33. The molecular weight excluding hydrogens is 264 g/mol. The number of carbonyl (C=O) groups excluding carboxylic acids is 2. The molecule has 0 aromatic heterocycles. The highest BCUT2D eigenvalue weighted by molar-refractivity contribution is 5.91. The van der Waals surface area contributed by atoms with Gasteiger partial charge >= 0.3 is 12.1 Å². The smallest absolute Gasteiger partial charge is 0.407 e. The zero-order valence-electron chi connectivity index (χ0n) is 12.0. The van der Waals surface area contributed by atoms with Gasteiger partial charge in [-0.1, -0.05) is 25.5 Å². The van der Waals surface area contributed by atoms with E-state index in [1.807, 2.05) is 0 Å². The topological polar surface area (TPSA) is 95.9 Å². The Balaban J connectivity index is 2.90. The second kappa shape index (κ2) is 6.40. The lowest BCUT2D eigenvalue weighted by molar-refractivity contribution is -0.148. The lowest BCUT2D eigenvalue weighted by Gasteiger charge is -2.29. The van der Waals surface area contributed by atoms with Crippen LogP contribution in [0.4, 0.5) is 4.79 Å². The van der Waals surface area contributed by atoms with Gasteiger partial charge in [0.05, 0.1) is 7.11 Å². The van der Waals surface area contributed by atoms with Gasteiger partial charge in [0.25, 0.3) is 0 Å². The second-order valence-corrected chi connectivity index (χ2v) is 5.12. The zero-order chi connectivity index (χ0) is 15.4. The predicted octanol–water partition coefficient (Wildman–Crippen LogP) is 0.609. The van der Waals surface area contributed by atoms with Crippen LogP contribution >= 0.6 is 0 Å². The molecule has 20 heavy (non-hydrogen) atoms. The van der Waals surface area contributed by atoms with Gasteiger partial charge in [0, 0.05) is 6.54 Å². The van der Waals surface area contributed by atoms with E-state index in [0.717, 1.165) is 5.57 Å². The van der Waals surface area contributed by atoms with E-state index in [-0.39, 0.29) is 12.5 Å². The van der Waals surface area contributed by atoms with Crippen molar-refractivity contribution in [3.63, 3.8) is 0 Å². The molecule has 0 radical (unpaired) electrons. The van der Waals surface area contributed by atoms with Crippen molar-refractivity contribution in [1.82, 2.24) is 10.2 Å². The molecular formula is C13H20N2O5. The van der Waals surface area contributed by atoms with Crippen LogP contribution in [0.1, 0.15) is 20.8 Å². The quantitative estimate of drug-likeness (QED) is 0.737. The van der Waals surface area contributed by atoms with Gasteiger partial charge in [0.1, 0.15) is 12.1 Å². The molecule has 0 saturated carbocycles. The predicted molar refractivity (Wildman–Crippen MR) is 71.1 cm³/mol. The Bertz CT molecular complexity index is 444. The summed E-state index contributed by atoms with van der Waals surface area (Å²) in [6, 6.07) is -1.80. The molecule has 0 bridgehead atoms. The highest BCUT2D eigenvalue weighted by Crippen LogP contribution is 2.19. The molecule has 0 saturated heterocycles. The van der Waals surface area contributed by atoms with Gasteiger partial charge in [-0.2, -0.15) is 0 Å². The van der Waals surface area contributed by atoms with Crippen LogP contribution in [0.15, 0.2) is 11.6 Å². The third-order valence-electron chi connectivity index (χ3n) is 3.13. The first-order valence-electron chi connectivity index (χ1n) is 6.33. The largest absolute Gasteiger partial charge is 0.479 e. The molecule has 2 atom stereocenters. The Morgan fingerprint density at radius 2 is 2.05 bits per heavy atom. The molecule has 0 spiro atoms. The van der Waals surface area contributed by atoms with Crippen molar-refractivity contribution in [2.45, 2.75) is 32.9 Å². The highest BCUT2D eigenvalue weighted by Gasteiger charge is 2.37. The zero-order valence-corrected chi connectivity index (χ0v) is 12.0. The number of alkyl carbamates (subject to hydrolysis) is 1. The molecule has 1 heterocycles. The summed E-state index contributed by atoms with van der Waals surface area (Å²) in [6.45, 7) is 5.55. The van der Waals surface area contributed by atoms with E-state index in [1.54, 1.807) is 20.8 Å². The van der Waals surface area contributed by atoms with E-state index >= 15 is 0 Å². The van der Waals surface area contributed by atoms with Crippen LogP contribution in [0.2, 0.25) is 0 Å². The summed E-state index contributed by atoms with van der Waals surface area (Å²) >= 11 is 0. The SMILES string of the molecule is COC(=O)NC(C(=O)N1CC(C)=CC1C(=O)O)C(C)C. The number of ether oxygens (including phenoxy) is 1. The molecule has 0 aromatic rings. The van der Waals surface area contributed by atoms with Gasteiger partial charge < -0.3 is 20.1 Å². The summed E-state index contributed by atoms with van der Waals surface area (Å²) in [5, 5.41) is 11.6. The molecule has 2 unspecified atom stereocenters. The maximum Gasteiger partial charge on any atom is 0.407 e. The Labute approximate surface area is 117 Å². The standard InChI is InChI=1S/C13H20N2O5/c1-7(2)10(14-13(19)20-4)11(16)15-6-8(3)5-9(15)12(17)18/h5,7,9-10H,6H2,1-4H3,(H,14,19)(H,17,18). The Morgan fingerprint density at radius 1 is 1.45 bits per heavy atom. The number of rotatable bonds is 4. The van der Waals surface area contributed by atoms with Crippen molar-refractivity contribution in [2.75, 3.05) is 13.7 Å². The van der Waals surface area contributed by atoms with Crippen LogP contribution in [0.5, 0.6) is 0 Å². The summed E-state index contributed by atoms with van der Waals surface area (Å²) in [7, 11) is 1.21. The van der Waals surface area contributed by atoms with E-state index < -0.39 is 30.1 Å². The number of amides is 2. The van der Waals surface area contributed by atoms with Crippen molar-refractivity contribution in [2.24, 2.45) is 5.92 Å². The van der Waals surface area contributed by atoms with E-state index in [1.165, 1.54) is 18.1 Å². The number of aliphatic carboxylic acids is 1. The minimum atomic E-state index is -1.09. The van der Waals surface area contributed by atoms with Crippen molar-refractivity contribution in [1.29, 1.82) is 0 Å². The number of carboxylic acids is 1. The molecule has 0 aliphatic carbocycles. The molecule has 2 amide bonds. The summed E-state index contributed by atoms with van der Waals surface area (Å²) in [5.41, 5.74) is 0.811. The number of nitrogens with one attached hydrogen (secondary N) is 1. The number of hydrogen-bond acceptors (Lipinski definition) is 4. The molecule has 112 valence electrons. The van der Waals surface area contributed by atoms with Crippen molar-refractivity contribution in [3.8, 4) is 0 Å². The van der Waals surface area contributed by atoms with E-state index in [2.05, 4.69) is 10.1 Å². The Hall–Kier alpha value is -2.05. The molecule has 1 rings (SSSR count). The summed E-state index contributed by atoms with van der Waals surface area (Å²) in [4.78, 5) is 36.2. The fraction of sp³-hybridized carbons (Fsp3) is 0.615. The van der Waals surface area contributed by atoms with Gasteiger partial charge in [-0.05, 0) is 12.8 Å². The minimum Gasteiger partial charge on any atom is -0.479 e. The van der Waals surface area contributed by atoms with E-state index in [0.29, 0.717) is 0 Å². The minimum absolute atomic E-state index is 0.183. The summed E-state index contributed by atoms with van der Waals surface area (Å²) in [5.74, 6) is -1.70. The van der Waals surface area contributed by atoms with Gasteiger partial charge in [-0.15, -0.1) is 0 Å². The normalized spacial score (nSPS) is 19.6. The molecule has 0 fully saturated rings. The maximum absolute atomic E-state index is 12.5. The van der Waals surface area contributed by atoms with Gasteiger partial charge in [-0.25, -0.2) is 9.59 Å². The third-order valence-corrected chi connectivity index (χ3v) is 3.13. The van der Waals surface area contributed by atoms with Crippen molar-refractivity contribution < 1.29 is 24.2 Å². The third kappa shape index (κ3) is 3.49. The van der Waals surface area contributed by atoms with Crippen LogP contribution in [-0.4, -0.2) is 53.7 Å². The van der Waals surface area contributed by atoms with Gasteiger partial charge in [-0.3, -0.25) is 4.79 Å². The van der Waals surface area contributed by atoms with Crippen LogP contribution in [0, 0.1) is 5.92 Å². The Kier molecular flexibility index (Phi) is 5.12. The van der Waals surface area contributed by atoms with Crippen molar-refractivity contribution in [3.05, 3.63) is 11.6 Å². The molecule has 7 nitrogen and oxygen atoms in total. The van der Waals surface area contributed by atoms with Crippen molar-refractivity contribution >= 4 is 18.0 Å². The molecule has 0 aromatic carbocycles. The first kappa shape index (κ1) is 16.0. The number of nitrogens with zero attached hydrogens (tertiary/aromatic N) is 1. The van der Waals surface area contributed by atoms with Gasteiger partial charge in [0.2, 0.25) is 5.91 Å². The molecule has 2 N–H and O–H groups in total. The fourth-order valence-electron chi connectivity index (χ4n) is 2.08. The molecule has 7 heteroatoms. The number of carboxylic acid groups (broad SMARTS) is 1. The number of methoxy groups -OCH3 is 1. The van der Waals surface area contributed by atoms with Crippen LogP contribution < -0.4 is 5.32 Å². The average Bonchev–Trinajstić information content (AvgIpc) is 2.76. The summed E-state index contributed by atoms with van der Waals surface area (Å²) in [6.07, 6.45) is 0.822. The van der Waals surface area contributed by atoms with E-state index in [9.17, 15) is 14.4 Å². The van der Waals surface area contributed by atoms with Crippen LogP contribution in [0.3, 0.4) is 0 Å². The van der Waals surface area contributed by atoms with Crippen LogP contribution in [-0.2, 0) is 14.3 Å². The average molecular weight is 284 g/mol. The lowest BCUT2D eigenvalue weighted by Crippen LogP contribution is -2.54. The van der Waals surface area contributed by atoms with Crippen LogP contribution in [0.25, 0.3) is 0 Å². The van der Waals surface area contributed by atoms with Gasteiger partial charge in [0.15, 0.2) is 0 Å². The summed E-state index contributed by atoms with van der Waals surface area (Å²) < 4.78 is 4.49. The molecule has 1 aliphatic heterocycles. The first-order chi connectivity index (χ1) is 9.27. The number of hydrogen-bond donors (Lipinski definition) is 2. The van der Waals surface area contributed by atoms with E-state index in [4.69, 9.17) is 5.11 Å². The lowest BCUT2D eigenvalue weighted by atomic mass is 10.0.